The maximum atomic E-state index is 12.1. The molecule has 10 rings (SSSR count). The molecule has 4 saturated heterocycles. The van der Waals surface area contributed by atoms with E-state index < -0.39 is 11.2 Å². The number of aryl methyl sites for hydroxylation is 2. The Morgan fingerprint density at radius 1 is 0.563 bits per heavy atom. The van der Waals surface area contributed by atoms with Crippen LogP contribution in [0, 0.1) is 90.4 Å². The van der Waals surface area contributed by atoms with Crippen LogP contribution in [0.5, 0.6) is 0 Å². The van der Waals surface area contributed by atoms with Crippen LogP contribution in [-0.4, -0.2) is 118 Å². The lowest BCUT2D eigenvalue weighted by molar-refractivity contribution is -0.158. The van der Waals surface area contributed by atoms with Crippen LogP contribution in [-0.2, 0) is 28.6 Å². The van der Waals surface area contributed by atoms with Crippen LogP contribution in [0.1, 0.15) is 145 Å². The lowest BCUT2D eigenvalue weighted by Gasteiger charge is -2.36. The van der Waals surface area contributed by atoms with Gasteiger partial charge < -0.3 is 49.0 Å². The summed E-state index contributed by atoms with van der Waals surface area (Å²) >= 11 is 0. The number of nitrogens with one attached hydrogen (secondary N) is 1. The van der Waals surface area contributed by atoms with Crippen LogP contribution in [0.4, 0.5) is 12.0 Å². The minimum Gasteiger partial charge on any atom is -0.460 e. The Morgan fingerprint density at radius 3 is 1.20 bits per heavy atom. The van der Waals surface area contributed by atoms with Crippen LogP contribution in [0.25, 0.3) is 0 Å². The van der Waals surface area contributed by atoms with Crippen molar-refractivity contribution in [1.29, 1.82) is 5.26 Å². The second-order valence-electron chi connectivity index (χ2n) is 25.1. The molecule has 4 unspecified atom stereocenters. The Labute approximate surface area is 422 Å². The van der Waals surface area contributed by atoms with Gasteiger partial charge in [0.2, 0.25) is 0 Å². The van der Waals surface area contributed by atoms with Gasteiger partial charge in [-0.15, -0.1) is 0 Å². The number of nitrogens with zero attached hydrogens (tertiary/aromatic N) is 8. The van der Waals surface area contributed by atoms with Crippen molar-refractivity contribution in [2.75, 3.05) is 62.2 Å². The molecule has 8 fully saturated rings. The molecule has 71 heavy (non-hydrogen) atoms. The molecule has 396 valence electrons. The number of carbonyl (C=O) groups excluding carboxylic acids is 3. The van der Waals surface area contributed by atoms with Crippen molar-refractivity contribution in [3.63, 3.8) is 0 Å². The molecule has 18 nitrogen and oxygen atoms in total. The van der Waals surface area contributed by atoms with E-state index in [-0.39, 0.29) is 23.5 Å². The first-order valence-corrected chi connectivity index (χ1v) is 26.8. The van der Waals surface area contributed by atoms with Gasteiger partial charge in [-0.25, -0.2) is 0 Å². The zero-order valence-electron chi connectivity index (χ0n) is 44.8. The molecule has 8 aliphatic rings. The maximum Gasteiger partial charge on any atom is 0.324 e. The van der Waals surface area contributed by atoms with Crippen LogP contribution >= 0.6 is 0 Å². The second kappa shape index (κ2) is 22.7. The third kappa shape index (κ3) is 15.0. The highest BCUT2D eigenvalue weighted by atomic mass is 16.6. The summed E-state index contributed by atoms with van der Waals surface area (Å²) in [6.45, 7) is 28.5. The van der Waals surface area contributed by atoms with E-state index in [9.17, 15) is 14.4 Å². The van der Waals surface area contributed by atoms with Crippen LogP contribution in [0.2, 0.25) is 0 Å². The molecule has 2 aromatic heterocycles. The number of nitrogens with two attached hydrogens (primary N) is 1. The SMILES string of the molecule is CC(C)(C)OC(=O)CC1[C@@H]2CC[C@H]1CN(C#N)C2.CC(C)(C)OC(=O)CC1[C@@H]2CC[C@H]1CNC2.Cc1noc(N2C[C@H]3CC[C@@H](C2)C3CC(=O)OC(C)(C)C)n1.Cc1noc(N2C[C@H]3CC[C@@H](C2)C3N)n1. The third-order valence-electron chi connectivity index (χ3n) is 16.1. The Bertz CT molecular complexity index is 2080. The largest absolute Gasteiger partial charge is 0.460 e. The summed E-state index contributed by atoms with van der Waals surface area (Å²) < 4.78 is 26.8. The minimum atomic E-state index is -0.405. The molecule has 4 saturated carbocycles. The fourth-order valence-electron chi connectivity index (χ4n) is 13.1. The number of esters is 3. The molecule has 4 aliphatic carbocycles. The molecule has 2 aromatic rings. The smallest absolute Gasteiger partial charge is 0.324 e. The quantitative estimate of drug-likeness (QED) is 0.151. The van der Waals surface area contributed by atoms with Crippen molar-refractivity contribution in [3.05, 3.63) is 11.6 Å². The molecule has 12 atom stereocenters. The van der Waals surface area contributed by atoms with Crippen molar-refractivity contribution in [3.8, 4) is 6.19 Å². The number of anilines is 2. The summed E-state index contributed by atoms with van der Waals surface area (Å²) in [6.07, 6.45) is 13.6. The van der Waals surface area contributed by atoms with E-state index in [1.165, 1.54) is 38.5 Å². The highest BCUT2D eigenvalue weighted by Gasteiger charge is 2.46. The number of piperidine rings is 4. The molecule has 18 heteroatoms. The second-order valence-corrected chi connectivity index (χ2v) is 25.1. The highest BCUT2D eigenvalue weighted by molar-refractivity contribution is 5.71. The Hall–Kier alpha value is -4.50. The Kier molecular flexibility index (Phi) is 17.4. The predicted molar refractivity (Wildman–Crippen MR) is 267 cm³/mol. The molecule has 8 bridgehead atoms. The van der Waals surface area contributed by atoms with Crippen LogP contribution in [0.3, 0.4) is 0 Å². The minimum absolute atomic E-state index is 0.0173. The van der Waals surface area contributed by atoms with Gasteiger partial charge >= 0.3 is 29.9 Å². The monoisotopic (exact) mass is 991 g/mol. The van der Waals surface area contributed by atoms with Gasteiger partial charge in [-0.2, -0.15) is 15.2 Å². The van der Waals surface area contributed by atoms with Crippen molar-refractivity contribution >= 4 is 29.9 Å². The van der Waals surface area contributed by atoms with E-state index in [4.69, 9.17) is 34.3 Å². The van der Waals surface area contributed by atoms with Gasteiger partial charge in [-0.05, 0) is 206 Å². The molecule has 0 aromatic carbocycles. The van der Waals surface area contributed by atoms with Crippen molar-refractivity contribution in [2.24, 2.45) is 70.8 Å². The molecule has 0 spiro atoms. The van der Waals surface area contributed by atoms with Crippen molar-refractivity contribution in [2.45, 2.75) is 170 Å². The molecular formula is C53H86N10O8. The summed E-state index contributed by atoms with van der Waals surface area (Å²) in [5, 5.41) is 20.1. The average molecular weight is 991 g/mol. The molecule has 3 N–H and O–H groups in total. The Balaban J connectivity index is 0.000000141. The van der Waals surface area contributed by atoms with Gasteiger partial charge in [0.25, 0.3) is 0 Å². The average Bonchev–Trinajstić information content (AvgIpc) is 4.06. The summed E-state index contributed by atoms with van der Waals surface area (Å²) in [4.78, 5) is 50.6. The number of nitriles is 1. The van der Waals surface area contributed by atoms with Gasteiger partial charge in [-0.1, -0.05) is 10.3 Å². The molecule has 0 amide bonds. The number of aromatic nitrogens is 4. The van der Waals surface area contributed by atoms with E-state index in [2.05, 4.69) is 41.6 Å². The van der Waals surface area contributed by atoms with E-state index in [0.717, 1.165) is 65.2 Å². The number of hydrogen-bond donors (Lipinski definition) is 2. The van der Waals surface area contributed by atoms with E-state index in [1.54, 1.807) is 0 Å². The van der Waals surface area contributed by atoms with E-state index >= 15 is 0 Å². The highest BCUT2D eigenvalue weighted by Crippen LogP contribution is 2.46. The van der Waals surface area contributed by atoms with Crippen LogP contribution in [0.15, 0.2) is 9.05 Å². The number of ether oxygens (including phenoxy) is 3. The van der Waals surface area contributed by atoms with E-state index in [0.29, 0.717) is 114 Å². The normalized spacial score (nSPS) is 31.5. The lowest BCUT2D eigenvalue weighted by atomic mass is 9.83. The first-order valence-electron chi connectivity index (χ1n) is 26.8. The molecule has 0 radical (unpaired) electrons. The summed E-state index contributed by atoms with van der Waals surface area (Å²) in [5.41, 5.74) is 4.99. The predicted octanol–water partition coefficient (Wildman–Crippen LogP) is 7.24. The van der Waals surface area contributed by atoms with Gasteiger partial charge in [0.05, 0.1) is 0 Å². The van der Waals surface area contributed by atoms with Gasteiger partial charge in [0.1, 0.15) is 16.8 Å². The van der Waals surface area contributed by atoms with Gasteiger partial charge in [0, 0.05) is 64.6 Å². The topological polar surface area (TPSA) is 228 Å². The summed E-state index contributed by atoms with van der Waals surface area (Å²) in [6, 6.07) is 1.66. The molecular weight excluding hydrogens is 905 g/mol. The number of fused-ring (bicyclic) bond motifs is 8. The zero-order valence-corrected chi connectivity index (χ0v) is 44.8. The number of likely N-dealkylation sites (tertiary alicyclic amines) is 1. The zero-order chi connectivity index (χ0) is 51.4. The summed E-state index contributed by atoms with van der Waals surface area (Å²) in [5.74, 6) is 7.23. The first-order chi connectivity index (χ1) is 33.4. The van der Waals surface area contributed by atoms with Gasteiger partial charge in [-0.3, -0.25) is 14.4 Å². The van der Waals surface area contributed by atoms with Crippen molar-refractivity contribution in [1.82, 2.24) is 30.5 Å². The molecule has 6 heterocycles. The summed E-state index contributed by atoms with van der Waals surface area (Å²) in [7, 11) is 0. The first kappa shape index (κ1) is 54.3. The van der Waals surface area contributed by atoms with Crippen LogP contribution < -0.4 is 20.9 Å². The number of hydrogen-bond acceptors (Lipinski definition) is 18. The Morgan fingerprint density at radius 2 is 0.873 bits per heavy atom. The number of rotatable bonds is 8. The fraction of sp³-hybridized carbons (Fsp3) is 0.849. The van der Waals surface area contributed by atoms with Crippen molar-refractivity contribution < 1.29 is 37.6 Å². The number of carbonyl (C=O) groups is 3. The van der Waals surface area contributed by atoms with Gasteiger partial charge in [0.15, 0.2) is 17.8 Å². The third-order valence-corrected chi connectivity index (χ3v) is 16.1. The molecule has 4 aliphatic heterocycles. The fourth-order valence-corrected chi connectivity index (χ4v) is 13.1. The lowest BCUT2D eigenvalue weighted by Crippen LogP contribution is -2.48. The van der Waals surface area contributed by atoms with E-state index in [1.807, 2.05) is 81.1 Å². The standard InChI is InChI=1S/C16H25N3O3.C14H22N2O2.C13H23NO2.C10H16N4O/c1-10-17-15(22-18-10)19-8-11-5-6-12(9-19)13(11)7-14(20)21-16(2,3)4;1-14(2,3)18-13(17)6-12-10-4-5-11(12)8-16(7-10)9-15;1-13(2,3)16-12(15)6-11-9-4-5-10(11)8-14-7-9;1-6-12-10(15-13-6)14-4-7-2-3-8(5-14)9(7)11/h11-13H,5-9H2,1-4H3;10-12H,4-8H2,1-3H3;9-11,14H,4-8H2,1-3H3;7-9H,2-5,11H2,1H3/t11-,12+,13?;10-,11+,12?;9-,10+,11?;7-,8+,9?. The maximum absolute atomic E-state index is 12.1.